The van der Waals surface area contributed by atoms with Crippen molar-refractivity contribution in [1.82, 2.24) is 9.97 Å². The summed E-state index contributed by atoms with van der Waals surface area (Å²) in [7, 11) is 0. The Morgan fingerprint density at radius 2 is 1.70 bits per heavy atom. The van der Waals surface area contributed by atoms with Crippen molar-refractivity contribution in [2.45, 2.75) is 33.7 Å². The molecule has 0 bridgehead atoms. The van der Waals surface area contributed by atoms with E-state index in [1.54, 1.807) is 32.9 Å². The second-order valence-electron chi connectivity index (χ2n) is 7.46. The Hall–Kier alpha value is -2.59. The summed E-state index contributed by atoms with van der Waals surface area (Å²) in [5.41, 5.74) is 1.31. The number of anilines is 1. The Morgan fingerprint density at radius 3 is 2.24 bits per heavy atom. The van der Waals surface area contributed by atoms with Crippen LogP contribution in [0.25, 0.3) is 0 Å². The highest BCUT2D eigenvalue weighted by molar-refractivity contribution is 7.18. The number of aliphatic hydroxyl groups is 1. The topological polar surface area (TPSA) is 100 Å². The number of carbonyl (C=O) groups excluding carboxylic acids is 3. The van der Waals surface area contributed by atoms with Gasteiger partial charge in [0.2, 0.25) is 5.78 Å². The van der Waals surface area contributed by atoms with Gasteiger partial charge >= 0.3 is 0 Å². The van der Waals surface area contributed by atoms with Crippen LogP contribution in [-0.2, 0) is 4.79 Å². The molecule has 1 N–H and O–H groups in total. The summed E-state index contributed by atoms with van der Waals surface area (Å²) in [5.74, 6) is -2.18. The van der Waals surface area contributed by atoms with Gasteiger partial charge in [0, 0.05) is 6.92 Å². The molecule has 0 aliphatic carbocycles. The van der Waals surface area contributed by atoms with Crippen LogP contribution in [0, 0.1) is 20.8 Å². The summed E-state index contributed by atoms with van der Waals surface area (Å²) in [6, 6.07) is 3.70. The van der Waals surface area contributed by atoms with Crippen LogP contribution >= 0.6 is 45.9 Å². The Labute approximate surface area is 207 Å². The number of rotatable bonds is 5. The molecule has 1 aliphatic heterocycles. The van der Waals surface area contributed by atoms with E-state index in [9.17, 15) is 19.5 Å². The Morgan fingerprint density at radius 1 is 1.03 bits per heavy atom. The summed E-state index contributed by atoms with van der Waals surface area (Å²) < 4.78 is 0. The SMILES string of the molecule is CC(=O)c1sc(N2C(=O)C(O)=C(C(=O)c3sc(C)nc3C)C2c2ccc(Cl)c(Cl)c2)nc1C. The van der Waals surface area contributed by atoms with Crippen LogP contribution in [-0.4, -0.2) is 32.5 Å². The van der Waals surface area contributed by atoms with Gasteiger partial charge in [0.25, 0.3) is 5.91 Å². The predicted molar refractivity (Wildman–Crippen MR) is 129 cm³/mol. The molecule has 170 valence electrons. The summed E-state index contributed by atoms with van der Waals surface area (Å²) >= 11 is 14.5. The van der Waals surface area contributed by atoms with Crippen LogP contribution in [0.5, 0.6) is 0 Å². The average molecular weight is 522 g/mol. The monoisotopic (exact) mass is 521 g/mol. The van der Waals surface area contributed by atoms with Gasteiger partial charge in [0.05, 0.1) is 47.8 Å². The van der Waals surface area contributed by atoms with Gasteiger partial charge in [-0.25, -0.2) is 9.97 Å². The van der Waals surface area contributed by atoms with Crippen LogP contribution in [0.2, 0.25) is 10.0 Å². The molecule has 0 saturated heterocycles. The second-order valence-corrected chi connectivity index (χ2v) is 10.5. The largest absolute Gasteiger partial charge is 0.503 e. The molecule has 1 unspecified atom stereocenters. The van der Waals surface area contributed by atoms with Gasteiger partial charge in [-0.1, -0.05) is 40.6 Å². The van der Waals surface area contributed by atoms with E-state index in [4.69, 9.17) is 23.2 Å². The number of hydrogen-bond donors (Lipinski definition) is 1. The Bertz CT molecular complexity index is 1380. The molecule has 0 spiro atoms. The predicted octanol–water partition coefficient (Wildman–Crippen LogP) is 5.82. The van der Waals surface area contributed by atoms with E-state index in [1.165, 1.54) is 29.2 Å². The first kappa shape index (κ1) is 23.6. The molecular formula is C22H17Cl2N3O4S2. The van der Waals surface area contributed by atoms with E-state index >= 15 is 0 Å². The highest BCUT2D eigenvalue weighted by atomic mass is 35.5. The second kappa shape index (κ2) is 8.64. The van der Waals surface area contributed by atoms with Crippen LogP contribution in [0.1, 0.15) is 54.3 Å². The number of carbonyl (C=O) groups is 3. The summed E-state index contributed by atoms with van der Waals surface area (Å²) in [5, 5.41) is 12.3. The standard InChI is InChI=1S/C22H17Cl2N3O4S2/c1-8-19(10(3)28)33-22(26-8)27-16(12-5-6-13(23)14(24)7-12)15(18(30)21(27)31)17(29)20-9(2)25-11(4)32-20/h5-7,16,30H,1-4H3. The highest BCUT2D eigenvalue weighted by Crippen LogP contribution is 2.45. The maximum Gasteiger partial charge on any atom is 0.296 e. The lowest BCUT2D eigenvalue weighted by Crippen LogP contribution is -2.31. The lowest BCUT2D eigenvalue weighted by Gasteiger charge is -2.24. The third-order valence-corrected chi connectivity index (χ3v) is 8.20. The van der Waals surface area contributed by atoms with Crippen LogP contribution < -0.4 is 4.90 Å². The number of ketones is 2. The fourth-order valence-electron chi connectivity index (χ4n) is 3.71. The maximum atomic E-state index is 13.6. The number of nitrogens with zero attached hydrogens (tertiary/aromatic N) is 3. The zero-order chi connectivity index (χ0) is 24.2. The number of aromatic nitrogens is 2. The van der Waals surface area contributed by atoms with E-state index in [-0.39, 0.29) is 21.5 Å². The molecule has 1 aliphatic rings. The highest BCUT2D eigenvalue weighted by Gasteiger charge is 2.46. The molecule has 2 aromatic heterocycles. The van der Waals surface area contributed by atoms with Crippen molar-refractivity contribution in [1.29, 1.82) is 0 Å². The molecule has 3 heterocycles. The molecule has 7 nitrogen and oxygen atoms in total. The number of benzene rings is 1. The Balaban J connectivity index is 1.93. The fraction of sp³-hybridized carbons (Fsp3) is 0.227. The fourth-order valence-corrected chi connectivity index (χ4v) is 5.88. The van der Waals surface area contributed by atoms with Gasteiger partial charge in [-0.15, -0.1) is 11.3 Å². The van der Waals surface area contributed by atoms with E-state index in [0.29, 0.717) is 36.7 Å². The molecule has 0 fully saturated rings. The number of amides is 1. The number of aryl methyl sites for hydroxylation is 3. The third-order valence-electron chi connectivity index (χ3n) is 5.13. The first-order chi connectivity index (χ1) is 15.5. The molecule has 1 atom stereocenters. The molecule has 1 aromatic carbocycles. The van der Waals surface area contributed by atoms with Crippen molar-refractivity contribution in [2.24, 2.45) is 0 Å². The van der Waals surface area contributed by atoms with Crippen LogP contribution in [0.3, 0.4) is 0 Å². The van der Waals surface area contributed by atoms with Gasteiger partial charge in [-0.05, 0) is 38.5 Å². The van der Waals surface area contributed by atoms with Crippen LogP contribution in [0.4, 0.5) is 5.13 Å². The quantitative estimate of drug-likeness (QED) is 0.424. The smallest absolute Gasteiger partial charge is 0.296 e. The number of Topliss-reactive ketones (excluding diaryl/α,β-unsaturated/α-hetero) is 2. The third kappa shape index (κ3) is 3.99. The maximum absolute atomic E-state index is 13.6. The number of aliphatic hydroxyl groups excluding tert-OH is 1. The Kier molecular flexibility index (Phi) is 6.17. The number of hydrogen-bond acceptors (Lipinski definition) is 8. The molecular weight excluding hydrogens is 505 g/mol. The van der Waals surface area contributed by atoms with E-state index in [2.05, 4.69) is 9.97 Å². The molecule has 4 rings (SSSR count). The van der Waals surface area contributed by atoms with Crippen LogP contribution in [0.15, 0.2) is 29.5 Å². The lowest BCUT2D eigenvalue weighted by atomic mass is 9.95. The van der Waals surface area contributed by atoms with Crippen molar-refractivity contribution in [2.75, 3.05) is 4.90 Å². The lowest BCUT2D eigenvalue weighted by molar-refractivity contribution is -0.117. The minimum atomic E-state index is -1.02. The molecule has 11 heteroatoms. The van der Waals surface area contributed by atoms with Gasteiger partial charge in [0.15, 0.2) is 16.7 Å². The zero-order valence-corrected chi connectivity index (χ0v) is 21.0. The summed E-state index contributed by atoms with van der Waals surface area (Å²) in [6.07, 6.45) is 0. The van der Waals surface area contributed by atoms with Gasteiger partial charge in [-0.2, -0.15) is 0 Å². The average Bonchev–Trinajstić information content (AvgIpc) is 3.37. The normalized spacial score (nSPS) is 16.1. The van der Waals surface area contributed by atoms with Crippen molar-refractivity contribution in [3.05, 3.63) is 71.3 Å². The first-order valence-corrected chi connectivity index (χ1v) is 12.1. The summed E-state index contributed by atoms with van der Waals surface area (Å²) in [4.78, 5) is 49.4. The van der Waals surface area contributed by atoms with E-state index in [1.807, 2.05) is 0 Å². The molecule has 0 radical (unpaired) electrons. The minimum Gasteiger partial charge on any atom is -0.503 e. The van der Waals surface area contributed by atoms with Crippen molar-refractivity contribution < 1.29 is 19.5 Å². The van der Waals surface area contributed by atoms with Gasteiger partial charge < -0.3 is 5.11 Å². The first-order valence-electron chi connectivity index (χ1n) is 9.70. The minimum absolute atomic E-state index is 0.109. The van der Waals surface area contributed by atoms with E-state index < -0.39 is 23.5 Å². The van der Waals surface area contributed by atoms with Gasteiger partial charge in [0.1, 0.15) is 0 Å². The molecule has 3 aromatic rings. The molecule has 1 amide bonds. The van der Waals surface area contributed by atoms with Crippen molar-refractivity contribution in [3.8, 4) is 0 Å². The molecule has 33 heavy (non-hydrogen) atoms. The zero-order valence-electron chi connectivity index (χ0n) is 17.9. The number of halogens is 2. The van der Waals surface area contributed by atoms with Crippen molar-refractivity contribution >= 4 is 68.5 Å². The van der Waals surface area contributed by atoms with Crippen molar-refractivity contribution in [3.63, 3.8) is 0 Å². The number of thiazole rings is 2. The van der Waals surface area contributed by atoms with Gasteiger partial charge in [-0.3, -0.25) is 19.3 Å². The summed E-state index contributed by atoms with van der Waals surface area (Å²) in [6.45, 7) is 6.54. The van der Waals surface area contributed by atoms with E-state index in [0.717, 1.165) is 11.3 Å². The molecule has 0 saturated carbocycles.